The van der Waals surface area contributed by atoms with Gasteiger partial charge in [0.05, 0.1) is 6.61 Å². The topological polar surface area (TPSA) is 39.2 Å². The number of nitrogens with zero attached hydrogens (tertiary/aromatic N) is 1. The fraction of sp³-hybridized carbons (Fsp3) is 0.200. The molecule has 0 aliphatic rings. The predicted molar refractivity (Wildman–Crippen MR) is 70.2 cm³/mol. The molecule has 19 heavy (non-hydrogen) atoms. The summed E-state index contributed by atoms with van der Waals surface area (Å²) in [4.78, 5) is 15.7. The normalized spacial score (nSPS) is 10.2. The van der Waals surface area contributed by atoms with E-state index in [0.717, 1.165) is 6.42 Å². The first-order valence-corrected chi connectivity index (χ1v) is 6.11. The number of carbonyl (C=O) groups is 1. The van der Waals surface area contributed by atoms with Crippen molar-refractivity contribution in [3.63, 3.8) is 0 Å². The van der Waals surface area contributed by atoms with Crippen LogP contribution in [0.3, 0.4) is 0 Å². The Bertz CT molecular complexity index is 570. The van der Waals surface area contributed by atoms with Gasteiger partial charge in [0.25, 0.3) is 0 Å². The summed E-state index contributed by atoms with van der Waals surface area (Å²) in [5.41, 5.74) is 0.908. The standard InChI is InChI=1S/C15H14FNO2/c1-2-10-19-15(18)13-9-8-12(16)14(17-13)11-6-4-3-5-7-11/h3-9H,2,10H2,1H3. The average Bonchev–Trinajstić information content (AvgIpc) is 2.46. The quantitative estimate of drug-likeness (QED) is 0.789. The number of ether oxygens (including phenoxy) is 1. The van der Waals surface area contributed by atoms with Crippen molar-refractivity contribution in [1.82, 2.24) is 4.98 Å². The van der Waals surface area contributed by atoms with Crippen molar-refractivity contribution in [1.29, 1.82) is 0 Å². The lowest BCUT2D eigenvalue weighted by atomic mass is 10.1. The molecule has 0 saturated carbocycles. The molecule has 0 amide bonds. The smallest absolute Gasteiger partial charge is 0.356 e. The van der Waals surface area contributed by atoms with Gasteiger partial charge in [0.1, 0.15) is 17.2 Å². The lowest BCUT2D eigenvalue weighted by molar-refractivity contribution is 0.0498. The molecule has 0 aliphatic carbocycles. The summed E-state index contributed by atoms with van der Waals surface area (Å²) in [6.07, 6.45) is 0.735. The lowest BCUT2D eigenvalue weighted by Crippen LogP contribution is -2.09. The van der Waals surface area contributed by atoms with E-state index in [1.807, 2.05) is 13.0 Å². The zero-order valence-electron chi connectivity index (χ0n) is 10.6. The fourth-order valence-corrected chi connectivity index (χ4v) is 1.62. The van der Waals surface area contributed by atoms with Crippen LogP contribution in [0.5, 0.6) is 0 Å². The van der Waals surface area contributed by atoms with Gasteiger partial charge in [-0.15, -0.1) is 0 Å². The second kappa shape index (κ2) is 6.09. The van der Waals surface area contributed by atoms with Crippen molar-refractivity contribution in [3.8, 4) is 11.3 Å². The van der Waals surface area contributed by atoms with E-state index in [2.05, 4.69) is 4.98 Å². The molecule has 0 bridgehead atoms. The number of hydrogen-bond donors (Lipinski definition) is 0. The Morgan fingerprint density at radius 3 is 2.63 bits per heavy atom. The molecule has 3 nitrogen and oxygen atoms in total. The Hall–Kier alpha value is -2.23. The minimum Gasteiger partial charge on any atom is -0.461 e. The van der Waals surface area contributed by atoms with E-state index in [1.165, 1.54) is 12.1 Å². The molecule has 0 unspecified atom stereocenters. The molecule has 1 aromatic heterocycles. The Balaban J connectivity index is 2.33. The van der Waals surface area contributed by atoms with Gasteiger partial charge in [-0.1, -0.05) is 37.3 Å². The summed E-state index contributed by atoms with van der Waals surface area (Å²) in [5.74, 6) is -0.989. The molecular weight excluding hydrogens is 245 g/mol. The highest BCUT2D eigenvalue weighted by Crippen LogP contribution is 2.20. The van der Waals surface area contributed by atoms with E-state index in [0.29, 0.717) is 12.2 Å². The number of aromatic nitrogens is 1. The zero-order valence-corrected chi connectivity index (χ0v) is 10.6. The van der Waals surface area contributed by atoms with Gasteiger partial charge >= 0.3 is 5.97 Å². The van der Waals surface area contributed by atoms with E-state index in [-0.39, 0.29) is 11.4 Å². The van der Waals surface area contributed by atoms with E-state index in [9.17, 15) is 9.18 Å². The number of rotatable bonds is 4. The number of pyridine rings is 1. The maximum atomic E-state index is 13.8. The minimum absolute atomic E-state index is 0.119. The number of esters is 1. The summed E-state index contributed by atoms with van der Waals surface area (Å²) in [5, 5.41) is 0. The Morgan fingerprint density at radius 1 is 1.21 bits per heavy atom. The monoisotopic (exact) mass is 259 g/mol. The first kappa shape index (κ1) is 13.2. The lowest BCUT2D eigenvalue weighted by Gasteiger charge is -2.06. The number of hydrogen-bond acceptors (Lipinski definition) is 3. The number of halogens is 1. The molecule has 1 aromatic carbocycles. The first-order valence-electron chi connectivity index (χ1n) is 6.11. The molecule has 0 aliphatic heterocycles. The Labute approximate surface area is 111 Å². The van der Waals surface area contributed by atoms with Gasteiger partial charge < -0.3 is 4.74 Å². The van der Waals surface area contributed by atoms with Crippen LogP contribution in [0, 0.1) is 5.82 Å². The van der Waals surface area contributed by atoms with E-state index in [1.54, 1.807) is 24.3 Å². The molecule has 0 N–H and O–H groups in total. The zero-order chi connectivity index (χ0) is 13.7. The van der Waals surface area contributed by atoms with Crippen LogP contribution in [0.4, 0.5) is 4.39 Å². The molecule has 2 aromatic rings. The van der Waals surface area contributed by atoms with Gasteiger partial charge in [-0.05, 0) is 18.6 Å². The molecule has 0 fully saturated rings. The molecule has 0 radical (unpaired) electrons. The van der Waals surface area contributed by atoms with Gasteiger partial charge in [0.15, 0.2) is 0 Å². The molecular formula is C15H14FNO2. The van der Waals surface area contributed by atoms with Crippen LogP contribution in [0.1, 0.15) is 23.8 Å². The van der Waals surface area contributed by atoms with Crippen molar-refractivity contribution in [3.05, 3.63) is 54.0 Å². The van der Waals surface area contributed by atoms with Crippen LogP contribution in [0.2, 0.25) is 0 Å². The highest BCUT2D eigenvalue weighted by Gasteiger charge is 2.13. The van der Waals surface area contributed by atoms with Gasteiger partial charge in [-0.2, -0.15) is 0 Å². The van der Waals surface area contributed by atoms with Crippen molar-refractivity contribution in [2.45, 2.75) is 13.3 Å². The number of benzene rings is 1. The number of carbonyl (C=O) groups excluding carboxylic acids is 1. The molecule has 4 heteroatoms. The van der Waals surface area contributed by atoms with E-state index < -0.39 is 11.8 Å². The first-order chi connectivity index (χ1) is 9.22. The third kappa shape index (κ3) is 3.16. The molecule has 2 rings (SSSR count). The maximum Gasteiger partial charge on any atom is 0.356 e. The van der Waals surface area contributed by atoms with Gasteiger partial charge in [-0.3, -0.25) is 0 Å². The summed E-state index contributed by atoms with van der Waals surface area (Å²) >= 11 is 0. The van der Waals surface area contributed by atoms with Gasteiger partial charge in [0.2, 0.25) is 0 Å². The van der Waals surface area contributed by atoms with Crippen molar-refractivity contribution in [2.75, 3.05) is 6.61 Å². The second-order valence-corrected chi connectivity index (χ2v) is 4.03. The van der Waals surface area contributed by atoms with Crippen LogP contribution < -0.4 is 0 Å². The largest absolute Gasteiger partial charge is 0.461 e. The molecule has 98 valence electrons. The van der Waals surface area contributed by atoms with Gasteiger partial charge in [-0.25, -0.2) is 14.2 Å². The van der Waals surface area contributed by atoms with E-state index >= 15 is 0 Å². The minimum atomic E-state index is -0.529. The summed E-state index contributed by atoms with van der Waals surface area (Å²) in [7, 11) is 0. The van der Waals surface area contributed by atoms with Crippen molar-refractivity contribution >= 4 is 5.97 Å². The maximum absolute atomic E-state index is 13.8. The third-order valence-corrected chi connectivity index (χ3v) is 2.54. The van der Waals surface area contributed by atoms with E-state index in [4.69, 9.17) is 4.74 Å². The van der Waals surface area contributed by atoms with Crippen LogP contribution in [0.25, 0.3) is 11.3 Å². The summed E-state index contributed by atoms with van der Waals surface area (Å²) in [6.45, 7) is 2.24. The summed E-state index contributed by atoms with van der Waals surface area (Å²) in [6, 6.07) is 11.5. The van der Waals surface area contributed by atoms with Crippen LogP contribution in [0.15, 0.2) is 42.5 Å². The highest BCUT2D eigenvalue weighted by molar-refractivity contribution is 5.88. The third-order valence-electron chi connectivity index (χ3n) is 2.54. The molecule has 1 heterocycles. The van der Waals surface area contributed by atoms with Crippen LogP contribution in [-0.4, -0.2) is 17.6 Å². The van der Waals surface area contributed by atoms with Gasteiger partial charge in [0, 0.05) is 5.56 Å². The average molecular weight is 259 g/mol. The molecule has 0 spiro atoms. The Kier molecular flexibility index (Phi) is 4.23. The van der Waals surface area contributed by atoms with Crippen molar-refractivity contribution < 1.29 is 13.9 Å². The summed E-state index contributed by atoms with van der Waals surface area (Å²) < 4.78 is 18.7. The SMILES string of the molecule is CCCOC(=O)c1ccc(F)c(-c2ccccc2)n1. The molecule has 0 atom stereocenters. The second-order valence-electron chi connectivity index (χ2n) is 4.03. The Morgan fingerprint density at radius 2 is 1.95 bits per heavy atom. The molecule has 0 saturated heterocycles. The van der Waals surface area contributed by atoms with Crippen LogP contribution >= 0.6 is 0 Å². The predicted octanol–water partition coefficient (Wildman–Crippen LogP) is 3.45. The van der Waals surface area contributed by atoms with Crippen molar-refractivity contribution in [2.24, 2.45) is 0 Å². The highest BCUT2D eigenvalue weighted by atomic mass is 19.1. The fourth-order valence-electron chi connectivity index (χ4n) is 1.62. The van der Waals surface area contributed by atoms with Crippen LogP contribution in [-0.2, 0) is 4.74 Å².